The number of carbonyl (C=O) groups excluding carboxylic acids is 2. The molecule has 0 aromatic carbocycles. The second kappa shape index (κ2) is 6.31. The van der Waals surface area contributed by atoms with Crippen LogP contribution in [0.2, 0.25) is 0 Å². The third kappa shape index (κ3) is 4.49. The van der Waals surface area contributed by atoms with Crippen LogP contribution in [0.1, 0.15) is 38.2 Å². The van der Waals surface area contributed by atoms with Gasteiger partial charge in [-0.2, -0.15) is 0 Å². The molecular weight excluding hydrogens is 262 g/mol. The molecule has 1 aromatic rings. The van der Waals surface area contributed by atoms with Crippen LogP contribution >= 0.6 is 0 Å². The van der Waals surface area contributed by atoms with Crippen molar-refractivity contribution >= 4 is 17.9 Å². The fraction of sp³-hybridized carbons (Fsp3) is 0.538. The molecule has 0 aliphatic heterocycles. The number of ether oxygens (including phenoxy) is 2. The molecule has 0 unspecified atom stereocenters. The number of anilines is 1. The normalized spacial score (nSPS) is 10.8. The highest BCUT2D eigenvalue weighted by atomic mass is 16.6. The fourth-order valence-electron chi connectivity index (χ4n) is 1.24. The summed E-state index contributed by atoms with van der Waals surface area (Å²) >= 11 is 0. The van der Waals surface area contributed by atoms with Crippen molar-refractivity contribution in [3.8, 4) is 0 Å². The summed E-state index contributed by atoms with van der Waals surface area (Å²) in [5.74, 6) is -0.265. The van der Waals surface area contributed by atoms with Gasteiger partial charge < -0.3 is 9.47 Å². The molecule has 110 valence electrons. The van der Waals surface area contributed by atoms with Gasteiger partial charge in [-0.1, -0.05) is 0 Å². The first-order valence-corrected chi connectivity index (χ1v) is 6.22. The van der Waals surface area contributed by atoms with Gasteiger partial charge in [0.2, 0.25) is 0 Å². The zero-order chi connectivity index (χ0) is 15.3. The Morgan fingerprint density at radius 1 is 1.25 bits per heavy atom. The van der Waals surface area contributed by atoms with E-state index in [1.807, 2.05) is 0 Å². The summed E-state index contributed by atoms with van der Waals surface area (Å²) in [5.41, 5.74) is -0.503. The molecule has 0 aliphatic rings. The molecule has 7 nitrogen and oxygen atoms in total. The van der Waals surface area contributed by atoms with E-state index in [1.54, 1.807) is 27.7 Å². The molecule has 1 amide bonds. The summed E-state index contributed by atoms with van der Waals surface area (Å²) < 4.78 is 9.99. The number of amides is 1. The summed E-state index contributed by atoms with van der Waals surface area (Å²) in [5, 5.41) is 7.53. The molecule has 0 bridgehead atoms. The number of hydrogen-bond donors (Lipinski definition) is 0. The van der Waals surface area contributed by atoms with Gasteiger partial charge in [-0.15, -0.1) is 10.2 Å². The maximum atomic E-state index is 11.8. The van der Waals surface area contributed by atoms with E-state index in [0.29, 0.717) is 0 Å². The van der Waals surface area contributed by atoms with Crippen LogP contribution in [0.4, 0.5) is 10.6 Å². The summed E-state index contributed by atoms with van der Waals surface area (Å²) in [6, 6.07) is 2.95. The van der Waals surface area contributed by atoms with Gasteiger partial charge in [-0.3, -0.25) is 4.90 Å². The molecule has 1 aromatic heterocycles. The minimum atomic E-state index is -0.594. The molecule has 1 rings (SSSR count). The first-order valence-electron chi connectivity index (χ1n) is 6.22. The van der Waals surface area contributed by atoms with E-state index in [9.17, 15) is 9.59 Å². The third-order valence-corrected chi connectivity index (χ3v) is 2.15. The van der Waals surface area contributed by atoms with Crippen LogP contribution in [0, 0.1) is 0 Å². The molecule has 0 atom stereocenters. The van der Waals surface area contributed by atoms with Crippen molar-refractivity contribution in [2.24, 2.45) is 0 Å². The Hall–Kier alpha value is -2.18. The van der Waals surface area contributed by atoms with Gasteiger partial charge >= 0.3 is 12.1 Å². The molecule has 0 aliphatic carbocycles. The Morgan fingerprint density at radius 3 is 2.35 bits per heavy atom. The van der Waals surface area contributed by atoms with Crippen molar-refractivity contribution in [1.29, 1.82) is 0 Å². The molecule has 0 radical (unpaired) electrons. The predicted octanol–water partition coefficient (Wildman–Crippen LogP) is 2.02. The maximum Gasteiger partial charge on any atom is 0.415 e. The highest BCUT2D eigenvalue weighted by molar-refractivity contribution is 5.88. The van der Waals surface area contributed by atoms with Crippen LogP contribution in [-0.4, -0.2) is 41.5 Å². The van der Waals surface area contributed by atoms with Crippen LogP contribution in [-0.2, 0) is 9.47 Å². The number of aromatic nitrogens is 2. The van der Waals surface area contributed by atoms with Gasteiger partial charge in [0.1, 0.15) is 5.60 Å². The van der Waals surface area contributed by atoms with Crippen molar-refractivity contribution in [3.63, 3.8) is 0 Å². The van der Waals surface area contributed by atoms with Crippen molar-refractivity contribution < 1.29 is 19.1 Å². The Balaban J connectivity index is 2.78. The SMILES string of the molecule is CCOC(=O)c1ccc(N(C)C(=O)OC(C)(C)C)nn1. The van der Waals surface area contributed by atoms with Crippen LogP contribution < -0.4 is 4.90 Å². The zero-order valence-corrected chi connectivity index (χ0v) is 12.3. The first-order chi connectivity index (χ1) is 9.24. The molecule has 0 saturated heterocycles. The van der Waals surface area contributed by atoms with Crippen LogP contribution in [0.5, 0.6) is 0 Å². The quantitative estimate of drug-likeness (QED) is 0.788. The van der Waals surface area contributed by atoms with Crippen LogP contribution in [0.25, 0.3) is 0 Å². The summed E-state index contributed by atoms with van der Waals surface area (Å²) in [7, 11) is 1.52. The molecule has 0 saturated carbocycles. The molecule has 7 heteroatoms. The highest BCUT2D eigenvalue weighted by Gasteiger charge is 2.21. The Bertz CT molecular complexity index is 479. The number of hydrogen-bond acceptors (Lipinski definition) is 6. The average molecular weight is 281 g/mol. The van der Waals surface area contributed by atoms with Gasteiger partial charge in [0.05, 0.1) is 6.61 Å². The topological polar surface area (TPSA) is 81.6 Å². The number of nitrogens with zero attached hydrogens (tertiary/aromatic N) is 3. The lowest BCUT2D eigenvalue weighted by Crippen LogP contribution is -2.34. The fourth-order valence-corrected chi connectivity index (χ4v) is 1.24. The molecule has 1 heterocycles. The Kier molecular flexibility index (Phi) is 5.01. The van der Waals surface area contributed by atoms with Crippen molar-refractivity contribution in [3.05, 3.63) is 17.8 Å². The van der Waals surface area contributed by atoms with E-state index < -0.39 is 17.7 Å². The Morgan fingerprint density at radius 2 is 1.90 bits per heavy atom. The standard InChI is InChI=1S/C13H19N3O4/c1-6-19-11(17)9-7-8-10(15-14-9)16(5)12(18)20-13(2,3)4/h7-8H,6H2,1-5H3. The predicted molar refractivity (Wildman–Crippen MR) is 72.6 cm³/mol. The van der Waals surface area contributed by atoms with Crippen molar-refractivity contribution in [1.82, 2.24) is 10.2 Å². The van der Waals surface area contributed by atoms with E-state index in [1.165, 1.54) is 24.1 Å². The summed E-state index contributed by atoms with van der Waals surface area (Å²) in [4.78, 5) is 24.5. The minimum Gasteiger partial charge on any atom is -0.461 e. The molecule has 0 fully saturated rings. The largest absolute Gasteiger partial charge is 0.461 e. The van der Waals surface area contributed by atoms with Gasteiger partial charge in [0.25, 0.3) is 0 Å². The first kappa shape index (κ1) is 15.9. The number of carbonyl (C=O) groups is 2. The lowest BCUT2D eigenvalue weighted by Gasteiger charge is -2.23. The maximum absolute atomic E-state index is 11.8. The lowest BCUT2D eigenvalue weighted by molar-refractivity contribution is 0.0517. The van der Waals surface area contributed by atoms with E-state index in [2.05, 4.69) is 10.2 Å². The summed E-state index contributed by atoms with van der Waals surface area (Å²) in [6.07, 6.45) is -0.546. The molecule has 20 heavy (non-hydrogen) atoms. The third-order valence-electron chi connectivity index (χ3n) is 2.15. The van der Waals surface area contributed by atoms with E-state index in [4.69, 9.17) is 9.47 Å². The van der Waals surface area contributed by atoms with Gasteiger partial charge in [-0.05, 0) is 39.8 Å². The van der Waals surface area contributed by atoms with E-state index in [-0.39, 0.29) is 18.1 Å². The smallest absolute Gasteiger partial charge is 0.415 e. The summed E-state index contributed by atoms with van der Waals surface area (Å²) in [6.45, 7) is 7.28. The average Bonchev–Trinajstić information content (AvgIpc) is 2.36. The minimum absolute atomic E-state index is 0.0909. The zero-order valence-electron chi connectivity index (χ0n) is 12.3. The second-order valence-electron chi connectivity index (χ2n) is 5.04. The monoisotopic (exact) mass is 281 g/mol. The molecule has 0 N–H and O–H groups in total. The van der Waals surface area contributed by atoms with Crippen molar-refractivity contribution in [2.75, 3.05) is 18.6 Å². The van der Waals surface area contributed by atoms with Gasteiger partial charge in [0.15, 0.2) is 11.5 Å². The number of esters is 1. The number of rotatable bonds is 3. The van der Waals surface area contributed by atoms with Gasteiger partial charge in [0, 0.05) is 7.05 Å². The second-order valence-corrected chi connectivity index (χ2v) is 5.04. The van der Waals surface area contributed by atoms with E-state index >= 15 is 0 Å². The van der Waals surface area contributed by atoms with E-state index in [0.717, 1.165) is 0 Å². The Labute approximate surface area is 117 Å². The lowest BCUT2D eigenvalue weighted by atomic mass is 10.2. The van der Waals surface area contributed by atoms with Gasteiger partial charge in [-0.25, -0.2) is 9.59 Å². The van der Waals surface area contributed by atoms with Crippen LogP contribution in [0.15, 0.2) is 12.1 Å². The molecular formula is C13H19N3O4. The highest BCUT2D eigenvalue weighted by Crippen LogP contribution is 2.14. The van der Waals surface area contributed by atoms with Crippen LogP contribution in [0.3, 0.4) is 0 Å². The van der Waals surface area contributed by atoms with Crippen molar-refractivity contribution in [2.45, 2.75) is 33.3 Å². The molecule has 0 spiro atoms.